The highest BCUT2D eigenvalue weighted by Gasteiger charge is 2.29. The van der Waals surface area contributed by atoms with Crippen molar-refractivity contribution in [2.45, 2.75) is 26.3 Å². The molecule has 0 fully saturated rings. The van der Waals surface area contributed by atoms with Gasteiger partial charge < -0.3 is 9.64 Å². The summed E-state index contributed by atoms with van der Waals surface area (Å²) in [7, 11) is 0. The molecule has 1 atom stereocenters. The summed E-state index contributed by atoms with van der Waals surface area (Å²) in [5.74, 6) is 0.870. The zero-order valence-electron chi connectivity index (χ0n) is 13.5. The highest BCUT2D eigenvalue weighted by molar-refractivity contribution is 6.05. The number of amides is 1. The van der Waals surface area contributed by atoms with E-state index in [0.717, 1.165) is 23.4 Å². The van der Waals surface area contributed by atoms with E-state index in [0.29, 0.717) is 6.61 Å². The lowest BCUT2D eigenvalue weighted by atomic mass is 10.1. The molecule has 0 saturated heterocycles. The van der Waals surface area contributed by atoms with Crippen molar-refractivity contribution in [3.05, 3.63) is 65.7 Å². The average molecular weight is 307 g/mol. The monoisotopic (exact) mass is 307 g/mol. The van der Waals surface area contributed by atoms with E-state index in [1.165, 1.54) is 5.56 Å². The minimum Gasteiger partial charge on any atom is -0.494 e. The Labute approximate surface area is 137 Å². The number of benzene rings is 2. The van der Waals surface area contributed by atoms with Gasteiger partial charge in [0, 0.05) is 17.8 Å². The second-order valence-corrected chi connectivity index (χ2v) is 5.73. The van der Waals surface area contributed by atoms with Gasteiger partial charge in [-0.25, -0.2) is 0 Å². The molecule has 2 aromatic rings. The van der Waals surface area contributed by atoms with Crippen LogP contribution in [0.5, 0.6) is 5.75 Å². The van der Waals surface area contributed by atoms with Gasteiger partial charge in [0.15, 0.2) is 0 Å². The Hall–Kier alpha value is -2.55. The third-order valence-electron chi connectivity index (χ3n) is 4.05. The van der Waals surface area contributed by atoms with Crippen molar-refractivity contribution in [2.24, 2.45) is 0 Å². The summed E-state index contributed by atoms with van der Waals surface area (Å²) < 4.78 is 5.42. The van der Waals surface area contributed by atoms with Crippen LogP contribution in [0.3, 0.4) is 0 Å². The van der Waals surface area contributed by atoms with Gasteiger partial charge in [-0.05, 0) is 55.7 Å². The molecular weight excluding hydrogens is 286 g/mol. The van der Waals surface area contributed by atoms with Crippen molar-refractivity contribution in [3.63, 3.8) is 0 Å². The number of rotatable bonds is 4. The van der Waals surface area contributed by atoms with Crippen molar-refractivity contribution in [1.29, 1.82) is 0 Å². The zero-order chi connectivity index (χ0) is 16.2. The van der Waals surface area contributed by atoms with Crippen LogP contribution in [-0.4, -0.2) is 18.6 Å². The molecule has 0 saturated carbocycles. The fourth-order valence-electron chi connectivity index (χ4n) is 2.99. The summed E-state index contributed by atoms with van der Waals surface area (Å²) in [6.07, 6.45) is 4.42. The minimum atomic E-state index is 0.0244. The van der Waals surface area contributed by atoms with Gasteiger partial charge >= 0.3 is 0 Å². The fourth-order valence-corrected chi connectivity index (χ4v) is 2.99. The maximum Gasteiger partial charge on any atom is 0.251 e. The molecule has 1 aliphatic rings. The third kappa shape index (κ3) is 3.29. The van der Waals surface area contributed by atoms with Crippen LogP contribution in [0, 0.1) is 0 Å². The molecule has 0 aromatic heterocycles. The van der Waals surface area contributed by atoms with E-state index in [1.807, 2.05) is 60.4 Å². The third-order valence-corrected chi connectivity index (χ3v) is 4.05. The standard InChI is InChI=1S/C20H21NO2/c1-3-23-18-11-8-16(9-12-18)10-13-20(22)21-15(2)14-17-6-4-5-7-19(17)21/h4-13,15H,3,14H2,1-2H3/b13-10-. The molecule has 0 radical (unpaired) electrons. The lowest BCUT2D eigenvalue weighted by Crippen LogP contribution is -2.34. The lowest BCUT2D eigenvalue weighted by Gasteiger charge is -2.20. The number of fused-ring (bicyclic) bond motifs is 1. The number of carbonyl (C=O) groups excluding carboxylic acids is 1. The molecule has 3 heteroatoms. The van der Waals surface area contributed by atoms with Crippen LogP contribution < -0.4 is 9.64 Å². The molecule has 0 N–H and O–H groups in total. The topological polar surface area (TPSA) is 29.5 Å². The molecule has 118 valence electrons. The first-order valence-electron chi connectivity index (χ1n) is 8.01. The predicted octanol–water partition coefficient (Wildman–Crippen LogP) is 4.08. The zero-order valence-corrected chi connectivity index (χ0v) is 13.5. The molecule has 2 aromatic carbocycles. The molecule has 3 nitrogen and oxygen atoms in total. The van der Waals surface area contributed by atoms with Crippen LogP contribution in [0.2, 0.25) is 0 Å². The Balaban J connectivity index is 1.74. The molecule has 3 rings (SSSR count). The number of hydrogen-bond acceptors (Lipinski definition) is 2. The van der Waals surface area contributed by atoms with Crippen LogP contribution in [0.1, 0.15) is 25.0 Å². The lowest BCUT2D eigenvalue weighted by molar-refractivity contribution is -0.114. The Bertz CT molecular complexity index is 719. The van der Waals surface area contributed by atoms with Gasteiger partial charge in [-0.1, -0.05) is 30.3 Å². The van der Waals surface area contributed by atoms with Crippen LogP contribution in [0.15, 0.2) is 54.6 Å². The van der Waals surface area contributed by atoms with Gasteiger partial charge in [0.2, 0.25) is 0 Å². The molecule has 1 aliphatic heterocycles. The maximum absolute atomic E-state index is 12.6. The van der Waals surface area contributed by atoms with Gasteiger partial charge in [-0.3, -0.25) is 4.79 Å². The molecule has 0 spiro atoms. The van der Waals surface area contributed by atoms with Gasteiger partial charge in [-0.15, -0.1) is 0 Å². The first-order valence-corrected chi connectivity index (χ1v) is 8.01. The molecule has 0 bridgehead atoms. The highest BCUT2D eigenvalue weighted by Crippen LogP contribution is 2.32. The first-order chi connectivity index (χ1) is 11.2. The molecular formula is C20H21NO2. The van der Waals surface area contributed by atoms with Crippen LogP contribution in [0.25, 0.3) is 6.08 Å². The number of anilines is 1. The van der Waals surface area contributed by atoms with Gasteiger partial charge in [-0.2, -0.15) is 0 Å². The first kappa shape index (κ1) is 15.3. The second kappa shape index (κ2) is 6.69. The molecule has 1 heterocycles. The van der Waals surface area contributed by atoms with Gasteiger partial charge in [0.25, 0.3) is 5.91 Å². The van der Waals surface area contributed by atoms with E-state index >= 15 is 0 Å². The molecule has 1 amide bonds. The number of ether oxygens (including phenoxy) is 1. The highest BCUT2D eigenvalue weighted by atomic mass is 16.5. The summed E-state index contributed by atoms with van der Waals surface area (Å²) in [6, 6.07) is 16.1. The summed E-state index contributed by atoms with van der Waals surface area (Å²) in [5, 5.41) is 0. The summed E-state index contributed by atoms with van der Waals surface area (Å²) in [4.78, 5) is 14.5. The van der Waals surface area contributed by atoms with Crippen molar-refractivity contribution in [2.75, 3.05) is 11.5 Å². The van der Waals surface area contributed by atoms with E-state index in [9.17, 15) is 4.79 Å². The van der Waals surface area contributed by atoms with Crippen molar-refractivity contribution >= 4 is 17.7 Å². The largest absolute Gasteiger partial charge is 0.494 e. The van der Waals surface area contributed by atoms with E-state index in [2.05, 4.69) is 13.0 Å². The number of para-hydroxylation sites is 1. The van der Waals surface area contributed by atoms with E-state index in [-0.39, 0.29) is 11.9 Å². The number of nitrogens with zero attached hydrogens (tertiary/aromatic N) is 1. The quantitative estimate of drug-likeness (QED) is 0.797. The maximum atomic E-state index is 12.6. The van der Waals surface area contributed by atoms with Gasteiger partial charge in [0.05, 0.1) is 6.61 Å². The Morgan fingerprint density at radius 2 is 1.96 bits per heavy atom. The normalized spacial score (nSPS) is 16.6. The fraction of sp³-hybridized carbons (Fsp3) is 0.250. The van der Waals surface area contributed by atoms with E-state index < -0.39 is 0 Å². The number of carbonyl (C=O) groups is 1. The molecule has 1 unspecified atom stereocenters. The molecule has 23 heavy (non-hydrogen) atoms. The van der Waals surface area contributed by atoms with E-state index in [1.54, 1.807) is 6.08 Å². The van der Waals surface area contributed by atoms with Crippen LogP contribution in [0.4, 0.5) is 5.69 Å². The van der Waals surface area contributed by atoms with Crippen molar-refractivity contribution in [3.8, 4) is 5.75 Å². The second-order valence-electron chi connectivity index (χ2n) is 5.73. The minimum absolute atomic E-state index is 0.0244. The van der Waals surface area contributed by atoms with Crippen molar-refractivity contribution < 1.29 is 9.53 Å². The van der Waals surface area contributed by atoms with E-state index in [4.69, 9.17) is 4.74 Å². The van der Waals surface area contributed by atoms with Crippen LogP contribution in [-0.2, 0) is 11.2 Å². The summed E-state index contributed by atoms with van der Waals surface area (Å²) >= 11 is 0. The van der Waals surface area contributed by atoms with Crippen LogP contribution >= 0.6 is 0 Å². The number of hydrogen-bond donors (Lipinski definition) is 0. The average Bonchev–Trinajstić information content (AvgIpc) is 2.90. The van der Waals surface area contributed by atoms with Gasteiger partial charge in [0.1, 0.15) is 5.75 Å². The predicted molar refractivity (Wildman–Crippen MR) is 93.7 cm³/mol. The van der Waals surface area contributed by atoms with Crippen molar-refractivity contribution in [1.82, 2.24) is 0 Å². The Morgan fingerprint density at radius 3 is 2.70 bits per heavy atom. The Kier molecular flexibility index (Phi) is 4.47. The Morgan fingerprint density at radius 1 is 1.22 bits per heavy atom. The molecule has 0 aliphatic carbocycles. The summed E-state index contributed by atoms with van der Waals surface area (Å²) in [6.45, 7) is 4.70. The smallest absolute Gasteiger partial charge is 0.251 e. The summed E-state index contributed by atoms with van der Waals surface area (Å²) in [5.41, 5.74) is 3.26. The SMILES string of the molecule is CCOc1ccc(/C=C\C(=O)N2c3ccccc3CC2C)cc1.